The molecule has 1 atom stereocenters. The van der Waals surface area contributed by atoms with Gasteiger partial charge in [-0.15, -0.1) is 0 Å². The van der Waals surface area contributed by atoms with Crippen LogP contribution < -0.4 is 0 Å². The molecule has 0 aliphatic carbocycles. The van der Waals surface area contributed by atoms with Crippen molar-refractivity contribution < 1.29 is 14.1 Å². The minimum absolute atomic E-state index is 0.407. The van der Waals surface area contributed by atoms with Crippen molar-refractivity contribution in [2.24, 2.45) is 0 Å². The average Bonchev–Trinajstić information content (AvgIpc) is 2.50. The third kappa shape index (κ3) is 3.21. The molecule has 0 N–H and O–H groups in total. The molecule has 2 aromatic carbocycles. The van der Waals surface area contributed by atoms with Crippen LogP contribution in [-0.2, 0) is 4.74 Å². The van der Waals surface area contributed by atoms with Gasteiger partial charge in [-0.2, -0.15) is 0 Å². The van der Waals surface area contributed by atoms with Gasteiger partial charge < -0.3 is 4.74 Å². The van der Waals surface area contributed by atoms with E-state index in [4.69, 9.17) is 4.74 Å². The predicted octanol–water partition coefficient (Wildman–Crippen LogP) is 4.74. The lowest BCUT2D eigenvalue weighted by Gasteiger charge is -2.27. The van der Waals surface area contributed by atoms with Crippen molar-refractivity contribution >= 4 is 31.9 Å². The van der Waals surface area contributed by atoms with Gasteiger partial charge in [0.15, 0.2) is 6.10 Å². The Labute approximate surface area is 146 Å². The number of rotatable bonds is 3. The predicted molar refractivity (Wildman–Crippen MR) is 94.1 cm³/mol. The summed E-state index contributed by atoms with van der Waals surface area (Å²) in [6.45, 7) is 1.58. The summed E-state index contributed by atoms with van der Waals surface area (Å²) in [7, 11) is 0. The maximum Gasteiger partial charge on any atom is 0.244 e. The van der Waals surface area contributed by atoms with Crippen LogP contribution in [0.25, 0.3) is 9.34 Å². The number of nitrogens with zero attached hydrogens (tertiary/aromatic N) is 1. The number of aryl methyl sites for hydroxylation is 1. The highest BCUT2D eigenvalue weighted by Crippen LogP contribution is 2.44. The molecule has 4 nitrogen and oxygen atoms in total. The molecule has 1 aliphatic rings. The van der Waals surface area contributed by atoms with Crippen LogP contribution in [0.3, 0.4) is 0 Å². The Bertz CT molecular complexity index is 802. The van der Waals surface area contributed by atoms with E-state index in [1.165, 1.54) is 12.1 Å². The molecule has 1 heterocycles. The molecular formula is C17H13FINO3. The minimum atomic E-state index is -0.800. The number of nitro groups is 1. The molecule has 0 saturated carbocycles. The zero-order valence-corrected chi connectivity index (χ0v) is 14.4. The van der Waals surface area contributed by atoms with Crippen molar-refractivity contribution in [2.45, 2.75) is 13.0 Å². The number of fused-ring (bicyclic) bond motifs is 1. The molecule has 118 valence electrons. The standard InChI is InChI=1S/C17H13FINO3/c1-10-2-4-11(5-3-10)17-16(19)13-7-6-12(18)8-14(13)15(23-17)9-20(21)22/h2-8,15H,9H2,1H3. The van der Waals surface area contributed by atoms with E-state index in [0.29, 0.717) is 11.3 Å². The van der Waals surface area contributed by atoms with Crippen LogP contribution in [0.15, 0.2) is 42.5 Å². The number of hydrogen-bond acceptors (Lipinski definition) is 3. The molecule has 3 rings (SSSR count). The van der Waals surface area contributed by atoms with Gasteiger partial charge in [0, 0.05) is 16.1 Å². The molecule has 0 spiro atoms. The first-order valence-electron chi connectivity index (χ1n) is 7.01. The molecule has 0 bridgehead atoms. The second-order valence-corrected chi connectivity index (χ2v) is 6.44. The van der Waals surface area contributed by atoms with E-state index in [2.05, 4.69) is 22.6 Å². The van der Waals surface area contributed by atoms with Crippen LogP contribution in [0.1, 0.15) is 28.4 Å². The normalized spacial score (nSPS) is 16.7. The summed E-state index contributed by atoms with van der Waals surface area (Å²) >= 11 is 2.14. The third-order valence-electron chi connectivity index (χ3n) is 3.69. The molecule has 0 fully saturated rings. The molecule has 0 radical (unpaired) electrons. The zero-order valence-electron chi connectivity index (χ0n) is 12.3. The molecule has 0 amide bonds. The molecule has 23 heavy (non-hydrogen) atoms. The van der Waals surface area contributed by atoms with E-state index in [-0.39, 0.29) is 0 Å². The fourth-order valence-corrected chi connectivity index (χ4v) is 3.48. The van der Waals surface area contributed by atoms with E-state index in [9.17, 15) is 14.5 Å². The second-order valence-electron chi connectivity index (χ2n) is 5.36. The van der Waals surface area contributed by atoms with Gasteiger partial charge >= 0.3 is 0 Å². The van der Waals surface area contributed by atoms with Crippen molar-refractivity contribution in [3.8, 4) is 0 Å². The Morgan fingerprint density at radius 2 is 1.96 bits per heavy atom. The Hall–Kier alpha value is -1.96. The number of halogens is 2. The van der Waals surface area contributed by atoms with Gasteiger partial charge in [-0.1, -0.05) is 35.9 Å². The summed E-state index contributed by atoms with van der Waals surface area (Å²) in [5.41, 5.74) is 3.26. The van der Waals surface area contributed by atoms with Gasteiger partial charge in [0.25, 0.3) is 0 Å². The quantitative estimate of drug-likeness (QED) is 0.406. The third-order valence-corrected chi connectivity index (χ3v) is 4.76. The number of ether oxygens (including phenoxy) is 1. The lowest BCUT2D eigenvalue weighted by atomic mass is 9.97. The van der Waals surface area contributed by atoms with Crippen LogP contribution in [-0.4, -0.2) is 11.5 Å². The Morgan fingerprint density at radius 1 is 1.26 bits per heavy atom. The van der Waals surface area contributed by atoms with Crippen molar-refractivity contribution in [1.29, 1.82) is 0 Å². The van der Waals surface area contributed by atoms with Gasteiger partial charge in [-0.25, -0.2) is 4.39 Å². The van der Waals surface area contributed by atoms with E-state index >= 15 is 0 Å². The first-order chi connectivity index (χ1) is 11.0. The number of hydrogen-bond donors (Lipinski definition) is 0. The minimum Gasteiger partial charge on any atom is -0.477 e. The molecule has 2 aromatic rings. The summed E-state index contributed by atoms with van der Waals surface area (Å²) in [4.78, 5) is 10.5. The Balaban J connectivity index is 2.13. The Morgan fingerprint density at radius 3 is 2.61 bits per heavy atom. The second kappa shape index (κ2) is 6.27. The van der Waals surface area contributed by atoms with Gasteiger partial charge in [0.05, 0.1) is 3.58 Å². The van der Waals surface area contributed by atoms with Crippen LogP contribution in [0.5, 0.6) is 0 Å². The zero-order chi connectivity index (χ0) is 16.6. The summed E-state index contributed by atoms with van der Waals surface area (Å²) < 4.78 is 20.3. The molecule has 0 saturated heterocycles. The monoisotopic (exact) mass is 425 g/mol. The molecular weight excluding hydrogens is 412 g/mol. The SMILES string of the molecule is Cc1ccc(C2=C(I)c3ccc(F)cc3C(C[N+](=O)[O-])O2)cc1. The topological polar surface area (TPSA) is 52.4 Å². The maximum absolute atomic E-state index is 13.6. The van der Waals surface area contributed by atoms with Crippen LogP contribution in [0.2, 0.25) is 0 Å². The fraction of sp³-hybridized carbons (Fsp3) is 0.176. The first kappa shape index (κ1) is 15.9. The van der Waals surface area contributed by atoms with Crippen LogP contribution in [0.4, 0.5) is 4.39 Å². The number of benzene rings is 2. The van der Waals surface area contributed by atoms with E-state index < -0.39 is 23.4 Å². The maximum atomic E-state index is 13.6. The van der Waals surface area contributed by atoms with Crippen molar-refractivity contribution in [3.05, 3.63) is 80.6 Å². The Kier molecular flexibility index (Phi) is 4.34. The highest BCUT2D eigenvalue weighted by atomic mass is 127. The largest absolute Gasteiger partial charge is 0.477 e. The fourth-order valence-electron chi connectivity index (χ4n) is 2.55. The average molecular weight is 425 g/mol. The van der Waals surface area contributed by atoms with E-state index in [0.717, 1.165) is 20.3 Å². The van der Waals surface area contributed by atoms with Crippen molar-refractivity contribution in [2.75, 3.05) is 6.54 Å². The first-order valence-corrected chi connectivity index (χ1v) is 8.08. The van der Waals surface area contributed by atoms with Crippen molar-refractivity contribution in [1.82, 2.24) is 0 Å². The smallest absolute Gasteiger partial charge is 0.244 e. The summed E-state index contributed by atoms with van der Waals surface area (Å²) in [6, 6.07) is 12.1. The molecule has 1 aliphatic heterocycles. The van der Waals surface area contributed by atoms with Crippen molar-refractivity contribution in [3.63, 3.8) is 0 Å². The highest BCUT2D eigenvalue weighted by Gasteiger charge is 2.31. The van der Waals surface area contributed by atoms with Crippen LogP contribution in [0, 0.1) is 22.9 Å². The molecule has 1 unspecified atom stereocenters. The summed E-state index contributed by atoms with van der Waals surface area (Å²) in [6.07, 6.45) is -0.800. The van der Waals surface area contributed by atoms with Gasteiger partial charge in [-0.05, 0) is 47.2 Å². The van der Waals surface area contributed by atoms with Crippen LogP contribution >= 0.6 is 22.6 Å². The van der Waals surface area contributed by atoms with Gasteiger partial charge in [-0.3, -0.25) is 10.1 Å². The lowest BCUT2D eigenvalue weighted by Crippen LogP contribution is -2.20. The van der Waals surface area contributed by atoms with Gasteiger partial charge in [0.2, 0.25) is 6.54 Å². The lowest BCUT2D eigenvalue weighted by molar-refractivity contribution is -0.491. The summed E-state index contributed by atoms with van der Waals surface area (Å²) in [5, 5.41) is 10.9. The molecule has 0 aromatic heterocycles. The summed E-state index contributed by atoms with van der Waals surface area (Å²) in [5.74, 6) is 0.167. The highest BCUT2D eigenvalue weighted by molar-refractivity contribution is 14.1. The molecule has 6 heteroatoms. The van der Waals surface area contributed by atoms with E-state index in [1.54, 1.807) is 6.07 Å². The van der Waals surface area contributed by atoms with Gasteiger partial charge in [0.1, 0.15) is 11.6 Å². The van der Waals surface area contributed by atoms with E-state index in [1.807, 2.05) is 31.2 Å².